The molecule has 1 heterocycles. The predicted molar refractivity (Wildman–Crippen MR) is 43.3 cm³/mol. The van der Waals surface area contributed by atoms with E-state index in [9.17, 15) is 0 Å². The fourth-order valence-corrected chi connectivity index (χ4v) is 1.22. The lowest BCUT2D eigenvalue weighted by Gasteiger charge is -1.89. The molecule has 0 fully saturated rings. The van der Waals surface area contributed by atoms with Crippen LogP contribution < -0.4 is 0 Å². The maximum Gasteiger partial charge on any atom is 0.0661 e. The summed E-state index contributed by atoms with van der Waals surface area (Å²) >= 11 is 4.26. The summed E-state index contributed by atoms with van der Waals surface area (Å²) in [7, 11) is 0. The predicted octanol–water partition coefficient (Wildman–Crippen LogP) is 1.85. The first-order valence-corrected chi connectivity index (χ1v) is 3.44. The van der Waals surface area contributed by atoms with Gasteiger partial charge in [-0.25, -0.2) is 0 Å². The van der Waals surface area contributed by atoms with Crippen LogP contribution in [0.25, 0.3) is 10.9 Å². The molecule has 2 aromatic rings. The van der Waals surface area contributed by atoms with Crippen molar-refractivity contribution in [1.82, 2.24) is 10.2 Å². The van der Waals surface area contributed by atoms with Crippen molar-refractivity contribution in [3.05, 3.63) is 24.4 Å². The van der Waals surface area contributed by atoms with Crippen LogP contribution in [-0.2, 0) is 0 Å². The van der Waals surface area contributed by atoms with Crippen LogP contribution >= 0.6 is 12.6 Å². The fourth-order valence-electron chi connectivity index (χ4n) is 0.953. The quantitative estimate of drug-likeness (QED) is 0.551. The third-order valence-corrected chi connectivity index (χ3v) is 1.85. The second-order valence-corrected chi connectivity index (χ2v) is 2.59. The average molecular weight is 150 g/mol. The molecule has 0 aliphatic rings. The van der Waals surface area contributed by atoms with Crippen LogP contribution in [0.4, 0.5) is 0 Å². The fraction of sp³-hybridized carbons (Fsp3) is 0. The van der Waals surface area contributed by atoms with E-state index in [1.807, 2.05) is 18.2 Å². The molecule has 0 amide bonds. The molecule has 0 radical (unpaired) electrons. The van der Waals surface area contributed by atoms with E-state index in [1.165, 1.54) is 0 Å². The zero-order valence-corrected chi connectivity index (χ0v) is 6.10. The Balaban J connectivity index is 2.95. The summed E-state index contributed by atoms with van der Waals surface area (Å²) < 4.78 is 0. The van der Waals surface area contributed by atoms with Crippen molar-refractivity contribution in [3.8, 4) is 0 Å². The van der Waals surface area contributed by atoms with Gasteiger partial charge in [0.15, 0.2) is 0 Å². The molecular weight excluding hydrogens is 144 g/mol. The molecule has 3 heteroatoms. The molecular formula is C7H6N2S. The van der Waals surface area contributed by atoms with Gasteiger partial charge in [0, 0.05) is 10.3 Å². The number of thiol groups is 1. The number of aromatic nitrogens is 2. The average Bonchev–Trinajstić information content (AvgIpc) is 2.36. The van der Waals surface area contributed by atoms with Gasteiger partial charge in [-0.3, -0.25) is 5.10 Å². The van der Waals surface area contributed by atoms with Crippen molar-refractivity contribution in [2.45, 2.75) is 4.90 Å². The number of rotatable bonds is 0. The maximum atomic E-state index is 4.26. The number of hydrogen-bond donors (Lipinski definition) is 2. The lowest BCUT2D eigenvalue weighted by molar-refractivity contribution is 1.12. The van der Waals surface area contributed by atoms with E-state index in [0.717, 1.165) is 15.8 Å². The number of H-pyrrole nitrogens is 1. The minimum Gasteiger partial charge on any atom is -0.278 e. The lowest BCUT2D eigenvalue weighted by atomic mass is 10.3. The first-order chi connectivity index (χ1) is 4.88. The minimum atomic E-state index is 0.964. The summed E-state index contributed by atoms with van der Waals surface area (Å²) in [5, 5.41) is 7.82. The van der Waals surface area contributed by atoms with Crippen LogP contribution in [0.2, 0.25) is 0 Å². The highest BCUT2D eigenvalue weighted by Gasteiger charge is 1.95. The van der Waals surface area contributed by atoms with Crippen molar-refractivity contribution in [1.29, 1.82) is 0 Å². The number of aromatic amines is 1. The van der Waals surface area contributed by atoms with Crippen LogP contribution in [0.5, 0.6) is 0 Å². The molecule has 0 aliphatic carbocycles. The number of nitrogens with zero attached hydrogens (tertiary/aromatic N) is 1. The topological polar surface area (TPSA) is 28.7 Å². The van der Waals surface area contributed by atoms with Gasteiger partial charge in [0.2, 0.25) is 0 Å². The molecule has 0 atom stereocenters. The van der Waals surface area contributed by atoms with E-state index >= 15 is 0 Å². The van der Waals surface area contributed by atoms with Crippen molar-refractivity contribution < 1.29 is 0 Å². The van der Waals surface area contributed by atoms with Crippen molar-refractivity contribution >= 4 is 23.5 Å². The summed E-state index contributed by atoms with van der Waals surface area (Å²) in [6, 6.07) is 5.87. The zero-order chi connectivity index (χ0) is 6.97. The lowest BCUT2D eigenvalue weighted by Crippen LogP contribution is -1.67. The van der Waals surface area contributed by atoms with Crippen molar-refractivity contribution in [2.75, 3.05) is 0 Å². The Kier molecular flexibility index (Phi) is 1.17. The molecule has 2 rings (SSSR count). The summed E-state index contributed by atoms with van der Waals surface area (Å²) in [5.74, 6) is 0. The molecule has 0 saturated carbocycles. The molecule has 0 aliphatic heterocycles. The van der Waals surface area contributed by atoms with Gasteiger partial charge in [-0.2, -0.15) is 5.10 Å². The Morgan fingerprint density at radius 2 is 2.30 bits per heavy atom. The largest absolute Gasteiger partial charge is 0.278 e. The van der Waals surface area contributed by atoms with E-state index in [0.29, 0.717) is 0 Å². The van der Waals surface area contributed by atoms with Gasteiger partial charge in [-0.05, 0) is 12.1 Å². The van der Waals surface area contributed by atoms with Crippen molar-refractivity contribution in [2.24, 2.45) is 0 Å². The molecule has 0 bridgehead atoms. The van der Waals surface area contributed by atoms with Crippen LogP contribution in [0.15, 0.2) is 29.3 Å². The van der Waals surface area contributed by atoms with Crippen molar-refractivity contribution in [3.63, 3.8) is 0 Å². The Morgan fingerprint density at radius 3 is 3.10 bits per heavy atom. The zero-order valence-electron chi connectivity index (χ0n) is 5.20. The van der Waals surface area contributed by atoms with E-state index < -0.39 is 0 Å². The third kappa shape index (κ3) is 0.708. The second-order valence-electron chi connectivity index (χ2n) is 2.11. The molecule has 0 unspecified atom stereocenters. The van der Waals surface area contributed by atoms with Gasteiger partial charge in [-0.15, -0.1) is 12.6 Å². The first-order valence-electron chi connectivity index (χ1n) is 2.99. The smallest absolute Gasteiger partial charge is 0.0661 e. The normalized spacial score (nSPS) is 10.5. The van der Waals surface area contributed by atoms with Gasteiger partial charge in [-0.1, -0.05) is 6.07 Å². The maximum absolute atomic E-state index is 4.26. The van der Waals surface area contributed by atoms with E-state index in [2.05, 4.69) is 22.8 Å². The molecule has 1 aromatic carbocycles. The molecule has 1 N–H and O–H groups in total. The van der Waals surface area contributed by atoms with Crippen LogP contribution in [-0.4, -0.2) is 10.2 Å². The molecule has 1 aromatic heterocycles. The Morgan fingerprint density at radius 1 is 1.40 bits per heavy atom. The van der Waals surface area contributed by atoms with Gasteiger partial charge >= 0.3 is 0 Å². The van der Waals surface area contributed by atoms with E-state index in [4.69, 9.17) is 0 Å². The van der Waals surface area contributed by atoms with Gasteiger partial charge in [0.05, 0.1) is 11.7 Å². The van der Waals surface area contributed by atoms with Gasteiger partial charge in [0.25, 0.3) is 0 Å². The van der Waals surface area contributed by atoms with Crippen LogP contribution in [0, 0.1) is 0 Å². The standard InChI is InChI=1S/C7H6N2S/c10-7-3-1-2-6-5(7)4-8-9-6/h1-4,10H,(H,8,9). The number of fused-ring (bicyclic) bond motifs is 1. The molecule has 0 spiro atoms. The first kappa shape index (κ1) is 5.80. The molecule has 50 valence electrons. The van der Waals surface area contributed by atoms with Gasteiger partial charge in [0.1, 0.15) is 0 Å². The Labute approximate surface area is 63.7 Å². The highest BCUT2D eigenvalue weighted by atomic mass is 32.1. The van der Waals surface area contributed by atoms with Gasteiger partial charge < -0.3 is 0 Å². The van der Waals surface area contributed by atoms with E-state index in [-0.39, 0.29) is 0 Å². The number of nitrogens with one attached hydrogen (secondary N) is 1. The number of hydrogen-bond acceptors (Lipinski definition) is 2. The summed E-state index contributed by atoms with van der Waals surface area (Å²) in [5.41, 5.74) is 1.03. The Hall–Kier alpha value is -0.960. The summed E-state index contributed by atoms with van der Waals surface area (Å²) in [6.45, 7) is 0. The highest BCUT2D eigenvalue weighted by Crippen LogP contribution is 2.18. The summed E-state index contributed by atoms with van der Waals surface area (Å²) in [4.78, 5) is 0.964. The Bertz CT molecular complexity index is 353. The second kappa shape index (κ2) is 2.02. The number of benzene rings is 1. The SMILES string of the molecule is Sc1cccc2[nH]ncc12. The van der Waals surface area contributed by atoms with E-state index in [1.54, 1.807) is 6.20 Å². The summed E-state index contributed by atoms with van der Waals surface area (Å²) in [6.07, 6.45) is 1.78. The third-order valence-electron chi connectivity index (χ3n) is 1.46. The molecule has 0 saturated heterocycles. The molecule has 10 heavy (non-hydrogen) atoms. The molecule has 2 nitrogen and oxygen atoms in total. The van der Waals surface area contributed by atoms with Crippen LogP contribution in [0.3, 0.4) is 0 Å². The highest BCUT2D eigenvalue weighted by molar-refractivity contribution is 7.80. The van der Waals surface area contributed by atoms with Crippen LogP contribution in [0.1, 0.15) is 0 Å². The minimum absolute atomic E-state index is 0.964. The monoisotopic (exact) mass is 150 g/mol.